The lowest BCUT2D eigenvalue weighted by Gasteiger charge is -2.12. The van der Waals surface area contributed by atoms with Gasteiger partial charge in [0.25, 0.3) is 0 Å². The van der Waals surface area contributed by atoms with E-state index in [1.54, 1.807) is 0 Å². The van der Waals surface area contributed by atoms with Crippen LogP contribution in [0.15, 0.2) is 115 Å². The zero-order valence-electron chi connectivity index (χ0n) is 19.9. The molecule has 2 nitrogen and oxygen atoms in total. The van der Waals surface area contributed by atoms with E-state index >= 15 is 0 Å². The second kappa shape index (κ2) is 7.16. The third kappa shape index (κ3) is 2.64. The highest BCUT2D eigenvalue weighted by atomic mass is 15.2. The molecule has 0 aliphatic heterocycles. The molecule has 168 valence electrons. The Morgan fingerprint density at radius 2 is 1.14 bits per heavy atom. The molecule has 0 N–H and O–H groups in total. The van der Waals surface area contributed by atoms with Crippen molar-refractivity contribution in [2.24, 2.45) is 0 Å². The van der Waals surface area contributed by atoms with E-state index in [1.165, 1.54) is 54.2 Å². The third-order valence-corrected chi connectivity index (χ3v) is 7.66. The molecule has 36 heavy (non-hydrogen) atoms. The normalized spacial score (nSPS) is 12.0. The highest BCUT2D eigenvalue weighted by Gasteiger charge is 2.18. The molecule has 0 saturated carbocycles. The van der Waals surface area contributed by atoms with Gasteiger partial charge in [-0.2, -0.15) is 5.10 Å². The van der Waals surface area contributed by atoms with Crippen molar-refractivity contribution < 1.29 is 0 Å². The first kappa shape index (κ1) is 19.6. The van der Waals surface area contributed by atoms with Gasteiger partial charge >= 0.3 is 0 Å². The lowest BCUT2D eigenvalue weighted by molar-refractivity contribution is 0.980. The van der Waals surface area contributed by atoms with E-state index in [-0.39, 0.29) is 0 Å². The van der Waals surface area contributed by atoms with Crippen LogP contribution in [0.1, 0.15) is 5.56 Å². The van der Waals surface area contributed by atoms with Gasteiger partial charge in [0, 0.05) is 22.1 Å². The second-order valence-corrected chi connectivity index (χ2v) is 9.72. The molecular weight excluding hydrogens is 436 g/mol. The predicted molar refractivity (Wildman–Crippen MR) is 152 cm³/mol. The zero-order valence-corrected chi connectivity index (χ0v) is 19.9. The van der Waals surface area contributed by atoms with Gasteiger partial charge in [0.05, 0.1) is 16.9 Å². The molecule has 0 bridgehead atoms. The molecule has 2 aromatic heterocycles. The largest absolute Gasteiger partial charge is 0.232 e. The Balaban J connectivity index is 1.47. The molecule has 2 heteroatoms. The van der Waals surface area contributed by atoms with Gasteiger partial charge in [-0.05, 0) is 62.8 Å². The van der Waals surface area contributed by atoms with E-state index in [0.29, 0.717) is 0 Å². The number of aryl methyl sites for hydroxylation is 1. The van der Waals surface area contributed by atoms with Crippen LogP contribution < -0.4 is 0 Å². The average Bonchev–Trinajstić information content (AvgIpc) is 3.29. The lowest BCUT2D eigenvalue weighted by atomic mass is 9.92. The number of hydrogen-bond donors (Lipinski definition) is 0. The molecule has 0 unspecified atom stereocenters. The van der Waals surface area contributed by atoms with Crippen molar-refractivity contribution in [2.45, 2.75) is 6.92 Å². The van der Waals surface area contributed by atoms with Gasteiger partial charge < -0.3 is 0 Å². The molecule has 6 aromatic carbocycles. The summed E-state index contributed by atoms with van der Waals surface area (Å²) >= 11 is 0. The molecule has 0 atom stereocenters. The minimum atomic E-state index is 1.04. The standard InChI is InChI=1S/C34H22N2/c1-21-33(28-18-26-16-14-23-11-7-12-24-15-17-27(19-28)32(26)31(23)24)35-36-30(22-8-3-2-4-9-22)20-25-10-5-6-13-29(25)34(21)36/h2-20H,1H3. The molecule has 8 rings (SSSR count). The van der Waals surface area contributed by atoms with Crippen LogP contribution in [0, 0.1) is 6.92 Å². The summed E-state index contributed by atoms with van der Waals surface area (Å²) in [5.41, 5.74) is 6.84. The monoisotopic (exact) mass is 458 g/mol. The van der Waals surface area contributed by atoms with Gasteiger partial charge in [0.2, 0.25) is 0 Å². The molecular formula is C34H22N2. The maximum atomic E-state index is 5.26. The number of pyridine rings is 1. The summed E-state index contributed by atoms with van der Waals surface area (Å²) in [6.45, 7) is 2.21. The quantitative estimate of drug-likeness (QED) is 0.236. The van der Waals surface area contributed by atoms with Crippen molar-refractivity contribution >= 4 is 48.6 Å². The molecule has 0 aliphatic rings. The molecule has 0 radical (unpaired) electrons. The number of nitrogens with zero attached hydrogens (tertiary/aromatic N) is 2. The van der Waals surface area contributed by atoms with Gasteiger partial charge in [-0.15, -0.1) is 0 Å². The summed E-state index contributed by atoms with van der Waals surface area (Å²) in [6.07, 6.45) is 0. The SMILES string of the molecule is Cc1c(-c2cc3ccc4cccc5ccc(c2)c3c45)nn2c(-c3ccccc3)cc3ccccc3c12. The van der Waals surface area contributed by atoms with Crippen molar-refractivity contribution in [1.82, 2.24) is 9.61 Å². The van der Waals surface area contributed by atoms with Crippen LogP contribution in [0.3, 0.4) is 0 Å². The minimum Gasteiger partial charge on any atom is -0.232 e. The highest BCUT2D eigenvalue weighted by Crippen LogP contribution is 2.39. The van der Waals surface area contributed by atoms with Crippen LogP contribution in [0.2, 0.25) is 0 Å². The van der Waals surface area contributed by atoms with Crippen LogP contribution in [0.5, 0.6) is 0 Å². The number of fused-ring (bicyclic) bond motifs is 3. The lowest BCUT2D eigenvalue weighted by Crippen LogP contribution is -1.95. The first-order valence-corrected chi connectivity index (χ1v) is 12.4. The average molecular weight is 459 g/mol. The van der Waals surface area contributed by atoms with Crippen molar-refractivity contribution in [1.29, 1.82) is 0 Å². The highest BCUT2D eigenvalue weighted by molar-refractivity contribution is 6.23. The Bertz CT molecular complexity index is 2030. The van der Waals surface area contributed by atoms with Crippen LogP contribution in [-0.4, -0.2) is 9.61 Å². The number of hydrogen-bond acceptors (Lipinski definition) is 1. The minimum absolute atomic E-state index is 1.04. The Morgan fingerprint density at radius 1 is 0.528 bits per heavy atom. The summed E-state index contributed by atoms with van der Waals surface area (Å²) in [5.74, 6) is 0. The van der Waals surface area contributed by atoms with Crippen molar-refractivity contribution in [2.75, 3.05) is 0 Å². The van der Waals surface area contributed by atoms with E-state index in [1.807, 2.05) is 0 Å². The van der Waals surface area contributed by atoms with Gasteiger partial charge in [-0.25, -0.2) is 4.52 Å². The smallest absolute Gasteiger partial charge is 0.0963 e. The summed E-state index contributed by atoms with van der Waals surface area (Å²) in [7, 11) is 0. The predicted octanol–water partition coefficient (Wildman–Crippen LogP) is 9.03. The number of aromatic nitrogens is 2. The maximum absolute atomic E-state index is 5.26. The van der Waals surface area contributed by atoms with Crippen LogP contribution in [-0.2, 0) is 0 Å². The van der Waals surface area contributed by atoms with E-state index in [2.05, 4.69) is 127 Å². The summed E-state index contributed by atoms with van der Waals surface area (Å²) in [4.78, 5) is 0. The van der Waals surface area contributed by atoms with E-state index in [0.717, 1.165) is 22.5 Å². The fourth-order valence-electron chi connectivity index (χ4n) is 6.01. The molecule has 0 amide bonds. The Kier molecular flexibility index (Phi) is 3.90. The number of benzene rings is 6. The second-order valence-electron chi connectivity index (χ2n) is 9.72. The van der Waals surface area contributed by atoms with Crippen LogP contribution in [0.25, 0.3) is 71.1 Å². The van der Waals surface area contributed by atoms with Gasteiger partial charge in [0.15, 0.2) is 0 Å². The molecule has 0 spiro atoms. The van der Waals surface area contributed by atoms with Gasteiger partial charge in [0.1, 0.15) is 0 Å². The van der Waals surface area contributed by atoms with E-state index < -0.39 is 0 Å². The molecule has 8 aromatic rings. The Morgan fingerprint density at radius 3 is 1.89 bits per heavy atom. The van der Waals surface area contributed by atoms with Crippen LogP contribution >= 0.6 is 0 Å². The van der Waals surface area contributed by atoms with Gasteiger partial charge in [-0.1, -0.05) is 97.1 Å². The molecule has 2 heterocycles. The maximum Gasteiger partial charge on any atom is 0.0963 e. The van der Waals surface area contributed by atoms with Crippen LogP contribution in [0.4, 0.5) is 0 Å². The van der Waals surface area contributed by atoms with E-state index in [9.17, 15) is 0 Å². The Labute approximate surface area is 208 Å². The Hall–Kier alpha value is -4.69. The van der Waals surface area contributed by atoms with E-state index in [4.69, 9.17) is 5.10 Å². The van der Waals surface area contributed by atoms with Crippen molar-refractivity contribution in [3.05, 3.63) is 121 Å². The zero-order chi connectivity index (χ0) is 23.8. The molecule has 0 saturated heterocycles. The fourth-order valence-corrected chi connectivity index (χ4v) is 6.01. The van der Waals surface area contributed by atoms with Crippen molar-refractivity contribution in [3.63, 3.8) is 0 Å². The van der Waals surface area contributed by atoms with Crippen molar-refractivity contribution in [3.8, 4) is 22.5 Å². The molecule has 0 aliphatic carbocycles. The number of rotatable bonds is 2. The third-order valence-electron chi connectivity index (χ3n) is 7.66. The first-order chi connectivity index (χ1) is 17.8. The topological polar surface area (TPSA) is 17.3 Å². The summed E-state index contributed by atoms with van der Waals surface area (Å²) < 4.78 is 2.15. The summed E-state index contributed by atoms with van der Waals surface area (Å²) in [6, 6.07) is 41.6. The first-order valence-electron chi connectivity index (χ1n) is 12.4. The molecule has 0 fully saturated rings. The summed E-state index contributed by atoms with van der Waals surface area (Å²) in [5, 5.41) is 15.5. The van der Waals surface area contributed by atoms with Gasteiger partial charge in [-0.3, -0.25) is 0 Å². The fraction of sp³-hybridized carbons (Fsp3) is 0.0294.